The van der Waals surface area contributed by atoms with Crippen LogP contribution in [0.3, 0.4) is 0 Å². The van der Waals surface area contributed by atoms with E-state index in [1.807, 2.05) is 0 Å². The summed E-state index contributed by atoms with van der Waals surface area (Å²) in [5, 5.41) is 9.89. The maximum absolute atomic E-state index is 9.89. The van der Waals surface area contributed by atoms with E-state index in [0.717, 1.165) is 0 Å². The number of carbonyl (C=O) groups excluding carboxylic acids is 1. The Morgan fingerprint density at radius 3 is 1.41 bits per heavy atom. The van der Waals surface area contributed by atoms with Crippen LogP contribution in [-0.2, 0) is 33.8 Å². The minimum atomic E-state index is -4.64. The topological polar surface area (TPSA) is 172 Å². The molecule has 0 saturated heterocycles. The Labute approximate surface area is 104 Å². The average Bonchev–Trinajstić information content (AvgIpc) is 1.71. The third kappa shape index (κ3) is 131. The summed E-state index contributed by atoms with van der Waals surface area (Å²) in [5.74, 6) is -1.00. The molecule has 0 heterocycles. The zero-order valence-corrected chi connectivity index (χ0v) is 13.2. The van der Waals surface area contributed by atoms with Crippen LogP contribution < -0.4 is 5.11 Å². The number of nitrogens with zero attached hydrogens (tertiary/aromatic N) is 1. The van der Waals surface area contributed by atoms with Crippen molar-refractivity contribution in [1.82, 2.24) is 0 Å². The van der Waals surface area contributed by atoms with Gasteiger partial charge in [-0.2, -0.15) is 0 Å². The molecule has 0 aromatic heterocycles. The summed E-state index contributed by atoms with van der Waals surface area (Å²) in [5.41, 5.74) is 0. The summed E-state index contributed by atoms with van der Waals surface area (Å²) in [6.07, 6.45) is 0. The predicted octanol–water partition coefficient (Wildman–Crippen LogP) is -3.28. The standard InChI is InChI=1S/C5H11NO2.H3O4P.H2O.2O.W/c1-6(2,3)4-5(7)8;1-5(2,3)4;;;;/h4H2,1-3H3;(H3,1,2,3,4);1H2;;;/q;;;;;+1/p-1. The van der Waals surface area contributed by atoms with Crippen molar-refractivity contribution in [2.24, 2.45) is 0 Å². The SMILES string of the molecule is C[N+](C)(C)CC(=O)[O-].O=P(O)(O)O.[O]=[W](=[O])[OH]. The second kappa shape index (κ2) is 9.78. The van der Waals surface area contributed by atoms with E-state index in [0.29, 0.717) is 4.48 Å². The van der Waals surface area contributed by atoms with Gasteiger partial charge in [-0.05, 0) is 0 Å². The van der Waals surface area contributed by atoms with Crippen molar-refractivity contribution >= 4 is 13.8 Å². The van der Waals surface area contributed by atoms with Crippen LogP contribution in [0.1, 0.15) is 0 Å². The molecular weight excluding hydrogens is 433 g/mol. The molecule has 4 N–H and O–H groups in total. The number of carboxylic acid groups (broad SMARTS) is 1. The molecule has 0 bridgehead atoms. The van der Waals surface area contributed by atoms with Gasteiger partial charge in [0.2, 0.25) is 0 Å². The number of carbonyl (C=O) groups is 1. The molecule has 0 aromatic carbocycles. The number of aliphatic carboxylic acids is 1. The van der Waals surface area contributed by atoms with Crippen molar-refractivity contribution in [3.8, 4) is 0 Å². The van der Waals surface area contributed by atoms with Crippen LogP contribution in [0.25, 0.3) is 0 Å². The van der Waals surface area contributed by atoms with E-state index in [1.54, 1.807) is 21.1 Å². The molecule has 0 aromatic rings. The van der Waals surface area contributed by atoms with Crippen LogP contribution in [0, 0.1) is 0 Å². The first kappa shape index (κ1) is 22.0. The zero-order chi connectivity index (χ0) is 14.9. The van der Waals surface area contributed by atoms with E-state index in [9.17, 15) is 9.90 Å². The van der Waals surface area contributed by atoms with Crippen molar-refractivity contribution in [2.75, 3.05) is 27.7 Å². The number of rotatable bonds is 2. The summed E-state index contributed by atoms with van der Waals surface area (Å²) in [6, 6.07) is 0. The van der Waals surface area contributed by atoms with Crippen LogP contribution in [0.2, 0.25) is 0 Å². The second-order valence-electron chi connectivity index (χ2n) is 3.55. The van der Waals surface area contributed by atoms with Crippen LogP contribution in [0.15, 0.2) is 0 Å². The summed E-state index contributed by atoms with van der Waals surface area (Å²) >= 11 is -4.03. The van der Waals surface area contributed by atoms with Gasteiger partial charge >= 0.3 is 36.0 Å². The van der Waals surface area contributed by atoms with Crippen molar-refractivity contribution in [1.29, 1.82) is 0 Å². The molecular formula is C5H15NO9PW. The first-order valence-corrected chi connectivity index (χ1v) is 8.99. The van der Waals surface area contributed by atoms with Gasteiger partial charge in [0.25, 0.3) is 0 Å². The third-order valence-electron chi connectivity index (χ3n) is 0.603. The van der Waals surface area contributed by atoms with Crippen LogP contribution in [-0.4, -0.2) is 56.6 Å². The number of quaternary nitrogens is 1. The molecule has 0 aliphatic rings. The maximum atomic E-state index is 9.89. The Balaban J connectivity index is -0.000000188. The van der Waals surface area contributed by atoms with Crippen molar-refractivity contribution in [3.63, 3.8) is 0 Å². The molecule has 0 unspecified atom stereocenters. The summed E-state index contributed by atoms with van der Waals surface area (Å²) < 4.78 is 33.9. The molecule has 0 atom stereocenters. The number of hydrogen-bond acceptors (Lipinski definition) is 5. The molecule has 0 aliphatic heterocycles. The Bertz CT molecular complexity index is 311. The van der Waals surface area contributed by atoms with E-state index in [1.165, 1.54) is 0 Å². The fourth-order valence-corrected chi connectivity index (χ4v) is 0.387. The molecule has 0 aliphatic carbocycles. The van der Waals surface area contributed by atoms with Crippen molar-refractivity contribution in [3.05, 3.63) is 0 Å². The Morgan fingerprint density at radius 2 is 1.41 bits per heavy atom. The van der Waals surface area contributed by atoms with Crippen molar-refractivity contribution in [2.45, 2.75) is 0 Å². The van der Waals surface area contributed by atoms with Gasteiger partial charge in [-0.15, -0.1) is 0 Å². The molecule has 12 heteroatoms. The number of phosphoric acid groups is 1. The summed E-state index contributed by atoms with van der Waals surface area (Å²) in [6.45, 7) is 0.0694. The second-order valence-corrected chi connectivity index (χ2v) is 6.14. The quantitative estimate of drug-likeness (QED) is 0.250. The van der Waals surface area contributed by atoms with Gasteiger partial charge < -0.3 is 29.1 Å². The van der Waals surface area contributed by atoms with Gasteiger partial charge in [0.15, 0.2) is 0 Å². The van der Waals surface area contributed by atoms with Gasteiger partial charge in [-0.3, -0.25) is 0 Å². The van der Waals surface area contributed by atoms with Crippen LogP contribution in [0.4, 0.5) is 0 Å². The number of carboxylic acids is 1. The Morgan fingerprint density at radius 1 is 1.24 bits per heavy atom. The molecule has 105 valence electrons. The van der Waals surface area contributed by atoms with Gasteiger partial charge in [-0.1, -0.05) is 0 Å². The molecule has 10 nitrogen and oxygen atoms in total. The van der Waals surface area contributed by atoms with E-state index >= 15 is 0 Å². The Kier molecular flexibility index (Phi) is 12.7. The molecule has 0 rings (SSSR count). The molecule has 17 heavy (non-hydrogen) atoms. The summed E-state index contributed by atoms with van der Waals surface area (Å²) in [7, 11) is 0.765. The fourth-order valence-electron chi connectivity index (χ4n) is 0.387. The predicted molar refractivity (Wildman–Crippen MR) is 45.8 cm³/mol. The first-order valence-electron chi connectivity index (χ1n) is 3.72. The summed E-state index contributed by atoms with van der Waals surface area (Å²) in [4.78, 5) is 31.5. The monoisotopic (exact) mass is 448 g/mol. The fraction of sp³-hybridized carbons (Fsp3) is 0.800. The van der Waals surface area contributed by atoms with E-state index < -0.39 is 31.4 Å². The zero-order valence-electron chi connectivity index (χ0n) is 9.34. The van der Waals surface area contributed by atoms with Gasteiger partial charge in [0, 0.05) is 0 Å². The molecule has 0 amide bonds. The van der Waals surface area contributed by atoms with Crippen molar-refractivity contribution < 1.29 is 61.8 Å². The number of hydrogen-bond donors (Lipinski definition) is 4. The Hall–Kier alpha value is -0.212. The van der Waals surface area contributed by atoms with E-state index in [2.05, 4.69) is 0 Å². The molecule has 0 spiro atoms. The number of likely N-dealkylation sites (N-methyl/N-ethyl adjacent to an activating group) is 1. The molecule has 0 fully saturated rings. The van der Waals surface area contributed by atoms with E-state index in [-0.39, 0.29) is 6.54 Å². The van der Waals surface area contributed by atoms with Gasteiger partial charge in [0.05, 0.1) is 27.1 Å². The van der Waals surface area contributed by atoms with Crippen LogP contribution >= 0.6 is 7.82 Å². The molecule has 0 saturated carbocycles. The van der Waals surface area contributed by atoms with Gasteiger partial charge in [-0.25, -0.2) is 4.57 Å². The average molecular weight is 448 g/mol. The van der Waals surface area contributed by atoms with E-state index in [4.69, 9.17) is 29.8 Å². The normalized spacial score (nSPS) is 10.3. The third-order valence-corrected chi connectivity index (χ3v) is 0.603. The minimum absolute atomic E-state index is 0.0694. The van der Waals surface area contributed by atoms with Crippen LogP contribution in [0.5, 0.6) is 0 Å². The first-order chi connectivity index (χ1) is 7.15. The molecule has 0 radical (unpaired) electrons. The van der Waals surface area contributed by atoms with Gasteiger partial charge in [0.1, 0.15) is 6.54 Å².